The second-order valence-electron chi connectivity index (χ2n) is 4.63. The maximum absolute atomic E-state index is 11.7. The molecule has 0 unspecified atom stereocenters. The number of ether oxygens (including phenoxy) is 1. The van der Waals surface area contributed by atoms with Gasteiger partial charge >= 0.3 is 0 Å². The Morgan fingerprint density at radius 3 is 3.00 bits per heavy atom. The van der Waals surface area contributed by atoms with E-state index in [1.165, 1.54) is 12.5 Å². The summed E-state index contributed by atoms with van der Waals surface area (Å²) in [5.74, 6) is 1.15. The highest BCUT2D eigenvalue weighted by molar-refractivity contribution is 5.93. The Bertz CT molecular complexity index is 558. The Morgan fingerprint density at radius 2 is 2.25 bits per heavy atom. The first kappa shape index (κ1) is 12.9. The number of carbonyl (C=O) groups is 1. The van der Waals surface area contributed by atoms with Crippen LogP contribution in [0, 0.1) is 0 Å². The van der Waals surface area contributed by atoms with E-state index in [0.29, 0.717) is 17.3 Å². The second-order valence-corrected chi connectivity index (χ2v) is 4.63. The Labute approximate surface area is 115 Å². The van der Waals surface area contributed by atoms with Crippen LogP contribution in [0.5, 0.6) is 0 Å². The first-order valence-corrected chi connectivity index (χ1v) is 6.53. The van der Waals surface area contributed by atoms with Gasteiger partial charge in [-0.2, -0.15) is 4.98 Å². The van der Waals surface area contributed by atoms with Gasteiger partial charge in [-0.25, -0.2) is 0 Å². The fourth-order valence-corrected chi connectivity index (χ4v) is 2.11. The monoisotopic (exact) mass is 277 g/mol. The van der Waals surface area contributed by atoms with Crippen LogP contribution in [0.3, 0.4) is 0 Å². The average Bonchev–Trinajstić information content (AvgIpc) is 3.17. The zero-order chi connectivity index (χ0) is 13.8. The van der Waals surface area contributed by atoms with E-state index in [1.807, 2.05) is 0 Å². The summed E-state index contributed by atoms with van der Waals surface area (Å²) >= 11 is 0. The summed E-state index contributed by atoms with van der Waals surface area (Å²) in [6, 6.07) is 1.59. The maximum Gasteiger partial charge on any atom is 0.254 e. The molecular formula is C13H15N3O4. The highest BCUT2D eigenvalue weighted by atomic mass is 16.5. The van der Waals surface area contributed by atoms with Crippen LogP contribution in [0.1, 0.15) is 40.8 Å². The van der Waals surface area contributed by atoms with Crippen LogP contribution in [0.25, 0.3) is 0 Å². The summed E-state index contributed by atoms with van der Waals surface area (Å²) < 4.78 is 15.3. The SMILES string of the molecule is O=C(NCc1nc(C2CCOCC2)no1)c1ccoc1. The third-order valence-corrected chi connectivity index (χ3v) is 3.25. The molecule has 2 aromatic heterocycles. The molecule has 0 saturated carbocycles. The third-order valence-electron chi connectivity index (χ3n) is 3.25. The van der Waals surface area contributed by atoms with Crippen LogP contribution >= 0.6 is 0 Å². The normalized spacial score (nSPS) is 16.2. The molecule has 106 valence electrons. The number of amides is 1. The van der Waals surface area contributed by atoms with Gasteiger partial charge in [0.05, 0.1) is 18.4 Å². The summed E-state index contributed by atoms with van der Waals surface area (Å²) in [5, 5.41) is 6.67. The minimum absolute atomic E-state index is 0.209. The summed E-state index contributed by atoms with van der Waals surface area (Å²) in [5.41, 5.74) is 0.467. The van der Waals surface area contributed by atoms with Crippen molar-refractivity contribution in [1.82, 2.24) is 15.5 Å². The highest BCUT2D eigenvalue weighted by Crippen LogP contribution is 2.24. The van der Waals surface area contributed by atoms with Crippen LogP contribution in [-0.4, -0.2) is 29.3 Å². The largest absolute Gasteiger partial charge is 0.472 e. The van der Waals surface area contributed by atoms with E-state index in [4.69, 9.17) is 13.7 Å². The van der Waals surface area contributed by atoms with Crippen molar-refractivity contribution in [3.8, 4) is 0 Å². The predicted molar refractivity (Wildman–Crippen MR) is 67.0 cm³/mol. The van der Waals surface area contributed by atoms with Crippen molar-refractivity contribution in [3.05, 3.63) is 35.9 Å². The molecule has 7 nitrogen and oxygen atoms in total. The molecule has 1 fully saturated rings. The van der Waals surface area contributed by atoms with Crippen molar-refractivity contribution in [2.24, 2.45) is 0 Å². The molecule has 3 heterocycles. The van der Waals surface area contributed by atoms with Crippen LogP contribution in [0.4, 0.5) is 0 Å². The van der Waals surface area contributed by atoms with Crippen molar-refractivity contribution < 1.29 is 18.5 Å². The third kappa shape index (κ3) is 2.88. The molecule has 0 aliphatic carbocycles. The van der Waals surface area contributed by atoms with Crippen molar-refractivity contribution >= 4 is 5.91 Å². The topological polar surface area (TPSA) is 90.4 Å². The zero-order valence-electron chi connectivity index (χ0n) is 10.9. The average molecular weight is 277 g/mol. The van der Waals surface area contributed by atoms with E-state index in [-0.39, 0.29) is 18.4 Å². The van der Waals surface area contributed by atoms with Crippen molar-refractivity contribution in [2.45, 2.75) is 25.3 Å². The van der Waals surface area contributed by atoms with Gasteiger partial charge in [-0.1, -0.05) is 5.16 Å². The van der Waals surface area contributed by atoms with Crippen molar-refractivity contribution in [2.75, 3.05) is 13.2 Å². The van der Waals surface area contributed by atoms with Gasteiger partial charge in [0, 0.05) is 19.1 Å². The molecule has 7 heteroatoms. The lowest BCUT2D eigenvalue weighted by atomic mass is 10.00. The van der Waals surface area contributed by atoms with E-state index in [2.05, 4.69) is 15.5 Å². The standard InChI is InChI=1S/C13H15N3O4/c17-13(10-3-6-19-8-10)14-7-11-15-12(16-20-11)9-1-4-18-5-2-9/h3,6,8-9H,1-2,4-5,7H2,(H,14,17). The lowest BCUT2D eigenvalue weighted by Gasteiger charge is -2.18. The zero-order valence-corrected chi connectivity index (χ0v) is 10.9. The summed E-state index contributed by atoms with van der Waals surface area (Å²) in [7, 11) is 0. The Hall–Kier alpha value is -2.15. The van der Waals surface area contributed by atoms with Crippen LogP contribution in [-0.2, 0) is 11.3 Å². The molecule has 1 saturated heterocycles. The molecule has 1 amide bonds. The van der Waals surface area contributed by atoms with Gasteiger partial charge in [-0.05, 0) is 18.9 Å². The van der Waals surface area contributed by atoms with Gasteiger partial charge in [0.25, 0.3) is 5.91 Å². The molecule has 0 radical (unpaired) electrons. The van der Waals surface area contributed by atoms with E-state index in [9.17, 15) is 4.79 Å². The number of furan rings is 1. The smallest absolute Gasteiger partial charge is 0.254 e. The molecular weight excluding hydrogens is 262 g/mol. The van der Waals surface area contributed by atoms with E-state index < -0.39 is 0 Å². The molecule has 3 rings (SSSR count). The number of rotatable bonds is 4. The van der Waals surface area contributed by atoms with Gasteiger partial charge in [0.15, 0.2) is 5.82 Å². The molecule has 0 aromatic carbocycles. The maximum atomic E-state index is 11.7. The van der Waals surface area contributed by atoms with E-state index in [0.717, 1.165) is 26.1 Å². The van der Waals surface area contributed by atoms with Gasteiger partial charge in [0.1, 0.15) is 6.26 Å². The number of nitrogens with zero attached hydrogens (tertiary/aromatic N) is 2. The molecule has 0 bridgehead atoms. The molecule has 1 N–H and O–H groups in total. The second kappa shape index (κ2) is 5.87. The van der Waals surface area contributed by atoms with Crippen molar-refractivity contribution in [1.29, 1.82) is 0 Å². The van der Waals surface area contributed by atoms with Crippen LogP contribution in [0.2, 0.25) is 0 Å². The fourth-order valence-electron chi connectivity index (χ4n) is 2.11. The molecule has 0 spiro atoms. The number of hydrogen-bond acceptors (Lipinski definition) is 6. The lowest BCUT2D eigenvalue weighted by Crippen LogP contribution is -2.22. The fraction of sp³-hybridized carbons (Fsp3) is 0.462. The molecule has 1 aliphatic rings. The van der Waals surface area contributed by atoms with Gasteiger partial charge in [0.2, 0.25) is 5.89 Å². The Balaban J connectivity index is 1.56. The Kier molecular flexibility index (Phi) is 3.78. The Morgan fingerprint density at radius 1 is 1.40 bits per heavy atom. The number of nitrogens with one attached hydrogen (secondary N) is 1. The summed E-state index contributed by atoms with van der Waals surface area (Å²) in [6.07, 6.45) is 4.64. The number of hydrogen-bond donors (Lipinski definition) is 1. The number of aromatic nitrogens is 2. The molecule has 20 heavy (non-hydrogen) atoms. The number of carbonyl (C=O) groups excluding carboxylic acids is 1. The van der Waals surface area contributed by atoms with Crippen LogP contribution < -0.4 is 5.32 Å². The first-order chi connectivity index (χ1) is 9.83. The van der Waals surface area contributed by atoms with Gasteiger partial charge in [-0.15, -0.1) is 0 Å². The molecule has 0 atom stereocenters. The summed E-state index contributed by atoms with van der Waals surface area (Å²) in [4.78, 5) is 16.0. The van der Waals surface area contributed by atoms with Crippen LogP contribution in [0.15, 0.2) is 27.5 Å². The van der Waals surface area contributed by atoms with E-state index in [1.54, 1.807) is 6.07 Å². The van der Waals surface area contributed by atoms with Gasteiger partial charge in [-0.3, -0.25) is 4.79 Å². The van der Waals surface area contributed by atoms with Gasteiger partial charge < -0.3 is 19.0 Å². The van der Waals surface area contributed by atoms with E-state index >= 15 is 0 Å². The molecule has 1 aliphatic heterocycles. The minimum atomic E-state index is -0.232. The predicted octanol–water partition coefficient (Wildman–Crippen LogP) is 1.49. The highest BCUT2D eigenvalue weighted by Gasteiger charge is 2.21. The van der Waals surface area contributed by atoms with Crippen molar-refractivity contribution in [3.63, 3.8) is 0 Å². The molecule has 2 aromatic rings. The first-order valence-electron chi connectivity index (χ1n) is 6.53. The quantitative estimate of drug-likeness (QED) is 0.910. The summed E-state index contributed by atoms with van der Waals surface area (Å²) in [6.45, 7) is 1.66. The minimum Gasteiger partial charge on any atom is -0.472 e. The lowest BCUT2D eigenvalue weighted by molar-refractivity contribution is 0.0830.